The molecule has 3 heteroatoms. The zero-order valence-corrected chi connectivity index (χ0v) is 25.1. The summed E-state index contributed by atoms with van der Waals surface area (Å²) in [5.41, 5.74) is 4.08. The van der Waals surface area contributed by atoms with Gasteiger partial charge in [-0.2, -0.15) is 8.78 Å². The molecule has 0 amide bonds. The van der Waals surface area contributed by atoms with Crippen molar-refractivity contribution in [3.63, 3.8) is 0 Å². The maximum atomic E-state index is 14.7. The Morgan fingerprint density at radius 1 is 0.725 bits per heavy atom. The summed E-state index contributed by atoms with van der Waals surface area (Å²) in [7, 11) is 0. The van der Waals surface area contributed by atoms with Crippen molar-refractivity contribution in [1.29, 1.82) is 0 Å². The van der Waals surface area contributed by atoms with Crippen molar-refractivity contribution in [3.8, 4) is 0 Å². The Bertz CT molecular complexity index is 993. The highest BCUT2D eigenvalue weighted by molar-refractivity contribution is 5.27. The van der Waals surface area contributed by atoms with Crippen LogP contribution in [0.4, 0.5) is 8.78 Å². The fourth-order valence-corrected chi connectivity index (χ4v) is 7.01. The average Bonchev–Trinajstić information content (AvgIpc) is 2.98. The Hall–Kier alpha value is -2.00. The van der Waals surface area contributed by atoms with Crippen molar-refractivity contribution in [2.24, 2.45) is 11.8 Å². The molecule has 0 spiro atoms. The van der Waals surface area contributed by atoms with Crippen molar-refractivity contribution in [3.05, 3.63) is 82.9 Å². The molecule has 0 N–H and O–H groups in total. The van der Waals surface area contributed by atoms with Gasteiger partial charge in [0.15, 0.2) is 0 Å². The van der Waals surface area contributed by atoms with E-state index in [0.717, 1.165) is 11.5 Å². The number of hydrogen-bond donors (Lipinski definition) is 0. The molecule has 0 heterocycles. The van der Waals surface area contributed by atoms with Crippen LogP contribution >= 0.6 is 0 Å². The van der Waals surface area contributed by atoms with Gasteiger partial charge in [0.2, 0.25) is 0 Å². The van der Waals surface area contributed by atoms with Crippen LogP contribution in [0.15, 0.2) is 60.7 Å². The summed E-state index contributed by atoms with van der Waals surface area (Å²) in [5, 5.41) is 0. The van der Waals surface area contributed by atoms with Gasteiger partial charge in [-0.25, -0.2) is 0 Å². The van der Waals surface area contributed by atoms with E-state index in [0.29, 0.717) is 23.3 Å². The third-order valence-corrected chi connectivity index (χ3v) is 9.56. The minimum Gasteiger partial charge on any atom is -0.315 e. The lowest BCUT2D eigenvalue weighted by atomic mass is 9.77. The molecule has 2 aliphatic rings. The van der Waals surface area contributed by atoms with Crippen LogP contribution in [0.2, 0.25) is 0 Å². The first kappa shape index (κ1) is 30.9. The van der Waals surface area contributed by atoms with Gasteiger partial charge in [-0.05, 0) is 104 Å². The minimum absolute atomic E-state index is 0.0682. The normalized spacial score (nSPS) is 24.0. The molecule has 2 aliphatic carbocycles. The molecule has 0 unspecified atom stereocenters. The molecule has 0 saturated heterocycles. The fourth-order valence-electron chi connectivity index (χ4n) is 7.01. The predicted octanol–water partition coefficient (Wildman–Crippen LogP) is 11.5. The number of allylic oxidation sites excluding steroid dienone is 2. The van der Waals surface area contributed by atoms with Gasteiger partial charge in [0.1, 0.15) is 0 Å². The van der Waals surface area contributed by atoms with Crippen LogP contribution in [0.1, 0.15) is 138 Å². The molecular formula is C37H52F2O. The topological polar surface area (TPSA) is 9.23 Å². The quantitative estimate of drug-likeness (QED) is 0.168. The first-order valence-corrected chi connectivity index (χ1v) is 16.3. The number of hydrogen-bond acceptors (Lipinski definition) is 1. The van der Waals surface area contributed by atoms with Crippen molar-refractivity contribution in [2.45, 2.75) is 135 Å². The number of benzene rings is 2. The highest BCUT2D eigenvalue weighted by Gasteiger charge is 2.31. The van der Waals surface area contributed by atoms with Crippen molar-refractivity contribution >= 4 is 0 Å². The van der Waals surface area contributed by atoms with Gasteiger partial charge in [-0.1, -0.05) is 106 Å². The van der Waals surface area contributed by atoms with E-state index >= 15 is 0 Å². The van der Waals surface area contributed by atoms with Crippen LogP contribution in [0, 0.1) is 11.8 Å². The largest absolute Gasteiger partial charge is 0.360 e. The van der Waals surface area contributed by atoms with Gasteiger partial charge in [0.05, 0.1) is 13.0 Å². The Kier molecular flexibility index (Phi) is 12.3. The lowest BCUT2D eigenvalue weighted by molar-refractivity contribution is -0.244. The zero-order chi connectivity index (χ0) is 28.2. The van der Waals surface area contributed by atoms with Crippen LogP contribution in [0.25, 0.3) is 0 Å². The number of halogens is 2. The molecule has 4 rings (SSSR count). The van der Waals surface area contributed by atoms with Crippen LogP contribution in [0.3, 0.4) is 0 Å². The highest BCUT2D eigenvalue weighted by atomic mass is 19.3. The van der Waals surface area contributed by atoms with Crippen LogP contribution in [-0.4, -0.2) is 6.11 Å². The molecule has 2 saturated carbocycles. The van der Waals surface area contributed by atoms with E-state index in [9.17, 15) is 8.78 Å². The SMILES string of the molecule is CC=CC1CCC(c2ccc(COC(F)(F)Cc3ccc(C4CCC(CCCCCCC)CC4)cc3)cc2)CC1. The highest BCUT2D eigenvalue weighted by Crippen LogP contribution is 2.39. The monoisotopic (exact) mass is 550 g/mol. The maximum Gasteiger partial charge on any atom is 0.360 e. The first-order valence-electron chi connectivity index (χ1n) is 16.3. The third kappa shape index (κ3) is 9.82. The summed E-state index contributed by atoms with van der Waals surface area (Å²) in [4.78, 5) is 0. The molecule has 2 aromatic rings. The second kappa shape index (κ2) is 15.9. The maximum absolute atomic E-state index is 14.7. The Labute approximate surface area is 242 Å². The molecule has 0 bridgehead atoms. The van der Waals surface area contributed by atoms with Gasteiger partial charge in [-0.15, -0.1) is 0 Å². The van der Waals surface area contributed by atoms with Gasteiger partial charge in [0.25, 0.3) is 0 Å². The van der Waals surface area contributed by atoms with Gasteiger partial charge >= 0.3 is 6.11 Å². The smallest absolute Gasteiger partial charge is 0.315 e. The molecule has 2 fully saturated rings. The number of ether oxygens (including phenoxy) is 1. The summed E-state index contributed by atoms with van der Waals surface area (Å²) >= 11 is 0. The molecular weight excluding hydrogens is 498 g/mol. The first-order chi connectivity index (χ1) is 19.5. The molecule has 0 atom stereocenters. The molecule has 40 heavy (non-hydrogen) atoms. The van der Waals surface area contributed by atoms with Crippen molar-refractivity contribution in [2.75, 3.05) is 0 Å². The molecule has 0 aliphatic heterocycles. The summed E-state index contributed by atoms with van der Waals surface area (Å²) < 4.78 is 34.5. The third-order valence-electron chi connectivity index (χ3n) is 9.56. The van der Waals surface area contributed by atoms with E-state index in [1.807, 2.05) is 24.3 Å². The zero-order valence-electron chi connectivity index (χ0n) is 25.1. The molecule has 0 aromatic heterocycles. The standard InChI is InChI=1S/C37H52F2O/c1-3-5-6-7-8-10-30-13-21-34(22-14-30)35-23-15-31(16-24-35)27-37(38,39)40-28-32-17-25-36(26-18-32)33-19-11-29(9-4-2)12-20-33/h4,9,15-18,23-26,29-30,33-34H,3,5-8,10-14,19-22,27-28H2,1-2H3. The molecule has 2 aromatic carbocycles. The van der Waals surface area contributed by atoms with Crippen molar-refractivity contribution < 1.29 is 13.5 Å². The van der Waals surface area contributed by atoms with Crippen LogP contribution in [0.5, 0.6) is 0 Å². The Morgan fingerprint density at radius 3 is 1.85 bits per heavy atom. The van der Waals surface area contributed by atoms with Gasteiger partial charge < -0.3 is 4.74 Å². The minimum atomic E-state index is -3.18. The van der Waals surface area contributed by atoms with Gasteiger partial charge in [-0.3, -0.25) is 0 Å². The summed E-state index contributed by atoms with van der Waals surface area (Å²) in [5.74, 6) is 2.75. The van der Waals surface area contributed by atoms with E-state index in [-0.39, 0.29) is 13.0 Å². The van der Waals surface area contributed by atoms with Crippen LogP contribution < -0.4 is 0 Å². The lowest BCUT2D eigenvalue weighted by Crippen LogP contribution is -2.23. The summed E-state index contributed by atoms with van der Waals surface area (Å²) in [6.45, 7) is 4.29. The lowest BCUT2D eigenvalue weighted by Gasteiger charge is -2.29. The van der Waals surface area contributed by atoms with E-state index in [1.54, 1.807) is 0 Å². The molecule has 1 nitrogen and oxygen atoms in total. The van der Waals surface area contributed by atoms with E-state index < -0.39 is 6.11 Å². The summed E-state index contributed by atoms with van der Waals surface area (Å²) in [6.07, 6.45) is 19.1. The second-order valence-corrected chi connectivity index (χ2v) is 12.6. The molecule has 0 radical (unpaired) electrons. The summed E-state index contributed by atoms with van der Waals surface area (Å²) in [6, 6.07) is 16.0. The molecule has 220 valence electrons. The van der Waals surface area contributed by atoms with Crippen LogP contribution in [-0.2, 0) is 17.8 Å². The second-order valence-electron chi connectivity index (χ2n) is 12.6. The van der Waals surface area contributed by atoms with Gasteiger partial charge in [0, 0.05) is 0 Å². The average molecular weight is 551 g/mol. The van der Waals surface area contributed by atoms with E-state index in [2.05, 4.69) is 50.3 Å². The number of unbranched alkanes of at least 4 members (excludes halogenated alkanes) is 4. The van der Waals surface area contributed by atoms with Crippen molar-refractivity contribution in [1.82, 2.24) is 0 Å². The Morgan fingerprint density at radius 2 is 1.27 bits per heavy atom. The number of alkyl halides is 2. The fraction of sp³-hybridized carbons (Fsp3) is 0.622. The Balaban J connectivity index is 1.18. The number of rotatable bonds is 14. The van der Waals surface area contributed by atoms with E-state index in [1.165, 1.54) is 101 Å². The van der Waals surface area contributed by atoms with E-state index in [4.69, 9.17) is 4.74 Å². The predicted molar refractivity (Wildman–Crippen MR) is 164 cm³/mol.